The molecule has 0 fully saturated rings. The van der Waals surface area contributed by atoms with E-state index in [1.54, 1.807) is 18.3 Å². The number of phenols is 1. The Kier molecular flexibility index (Phi) is 3.75. The van der Waals surface area contributed by atoms with E-state index in [0.717, 1.165) is 40.7 Å². The van der Waals surface area contributed by atoms with Crippen LogP contribution in [0.3, 0.4) is 0 Å². The number of aromatic hydroxyl groups is 1. The van der Waals surface area contributed by atoms with E-state index in [4.69, 9.17) is 4.74 Å². The number of aromatic nitrogens is 3. The Morgan fingerprint density at radius 2 is 2.10 bits per heavy atom. The van der Waals surface area contributed by atoms with Gasteiger partial charge in [-0.25, -0.2) is 4.98 Å². The van der Waals surface area contributed by atoms with Crippen LogP contribution >= 0.6 is 0 Å². The smallest absolute Gasteiger partial charge is 0.136 e. The van der Waals surface area contributed by atoms with E-state index in [2.05, 4.69) is 21.5 Å². The Morgan fingerprint density at radius 3 is 2.86 bits per heavy atom. The zero-order valence-corrected chi connectivity index (χ0v) is 12.3. The first-order chi connectivity index (χ1) is 10.2. The van der Waals surface area contributed by atoms with Gasteiger partial charge in [0.15, 0.2) is 0 Å². The summed E-state index contributed by atoms with van der Waals surface area (Å²) in [6, 6.07) is 5.27. The molecule has 0 atom stereocenters. The molecule has 3 aromatic rings. The highest BCUT2D eigenvalue weighted by molar-refractivity contribution is 6.02. The minimum absolute atomic E-state index is 0.227. The summed E-state index contributed by atoms with van der Waals surface area (Å²) in [7, 11) is 0. The predicted octanol–water partition coefficient (Wildman–Crippen LogP) is 3.24. The van der Waals surface area contributed by atoms with Crippen LogP contribution in [0.5, 0.6) is 5.75 Å². The van der Waals surface area contributed by atoms with Gasteiger partial charge >= 0.3 is 0 Å². The van der Waals surface area contributed by atoms with Gasteiger partial charge in [-0.05, 0) is 25.5 Å². The van der Waals surface area contributed by atoms with Crippen LogP contribution in [0.15, 0.2) is 24.4 Å². The van der Waals surface area contributed by atoms with E-state index in [0.29, 0.717) is 13.2 Å². The summed E-state index contributed by atoms with van der Waals surface area (Å²) in [5.74, 6) is 1.15. The van der Waals surface area contributed by atoms with E-state index >= 15 is 0 Å². The number of hydrogen-bond acceptors (Lipinski definition) is 4. The highest BCUT2D eigenvalue weighted by atomic mass is 16.5. The van der Waals surface area contributed by atoms with Crippen LogP contribution in [0, 0.1) is 0 Å². The van der Waals surface area contributed by atoms with Crippen molar-refractivity contribution in [1.29, 1.82) is 0 Å². The van der Waals surface area contributed by atoms with Gasteiger partial charge < -0.3 is 14.4 Å². The first-order valence-electron chi connectivity index (χ1n) is 7.29. The fourth-order valence-electron chi connectivity index (χ4n) is 2.62. The zero-order chi connectivity index (χ0) is 14.8. The van der Waals surface area contributed by atoms with Crippen LogP contribution in [0.25, 0.3) is 21.9 Å². The Labute approximate surface area is 123 Å². The van der Waals surface area contributed by atoms with Gasteiger partial charge in [-0.15, -0.1) is 0 Å². The van der Waals surface area contributed by atoms with Crippen molar-refractivity contribution in [3.8, 4) is 5.75 Å². The van der Waals surface area contributed by atoms with Gasteiger partial charge in [0.25, 0.3) is 0 Å². The second-order valence-electron chi connectivity index (χ2n) is 5.01. The van der Waals surface area contributed by atoms with Crippen molar-refractivity contribution < 1.29 is 9.84 Å². The number of pyridine rings is 1. The van der Waals surface area contributed by atoms with Gasteiger partial charge in [-0.1, -0.05) is 6.92 Å². The maximum Gasteiger partial charge on any atom is 0.136 e. The molecule has 2 aromatic heterocycles. The van der Waals surface area contributed by atoms with Crippen LogP contribution in [-0.4, -0.2) is 26.2 Å². The molecule has 0 aliphatic carbocycles. The third-order valence-electron chi connectivity index (χ3n) is 3.52. The highest BCUT2D eigenvalue weighted by Crippen LogP contribution is 2.27. The van der Waals surface area contributed by atoms with Crippen LogP contribution < -0.4 is 0 Å². The van der Waals surface area contributed by atoms with Gasteiger partial charge in [0.2, 0.25) is 0 Å². The van der Waals surface area contributed by atoms with E-state index in [1.807, 2.05) is 13.0 Å². The number of ether oxygens (including phenoxy) is 1. The lowest BCUT2D eigenvalue weighted by molar-refractivity contribution is 0.126. The average molecular weight is 285 g/mol. The molecular weight excluding hydrogens is 266 g/mol. The zero-order valence-electron chi connectivity index (χ0n) is 12.3. The number of aryl methyl sites for hydroxylation is 1. The molecule has 0 bridgehead atoms. The first-order valence-corrected chi connectivity index (χ1v) is 7.29. The van der Waals surface area contributed by atoms with Gasteiger partial charge in [-0.3, -0.25) is 4.98 Å². The molecule has 2 heterocycles. The fraction of sp³-hybridized carbons (Fsp3) is 0.375. The molecule has 1 N–H and O–H groups in total. The van der Waals surface area contributed by atoms with Gasteiger partial charge in [0.1, 0.15) is 23.7 Å². The summed E-state index contributed by atoms with van der Waals surface area (Å²) >= 11 is 0. The van der Waals surface area contributed by atoms with Crippen molar-refractivity contribution in [1.82, 2.24) is 14.5 Å². The van der Waals surface area contributed by atoms with Crippen molar-refractivity contribution in [3.63, 3.8) is 0 Å². The molecule has 0 radical (unpaired) electrons. The molecule has 5 heteroatoms. The molecule has 1 aromatic carbocycles. The summed E-state index contributed by atoms with van der Waals surface area (Å²) < 4.78 is 7.72. The molecule has 110 valence electrons. The maximum absolute atomic E-state index is 9.61. The second kappa shape index (κ2) is 5.69. The standard InChI is InChI=1S/C16H19N3O2/c1-3-7-19-15(10-21-4-2)18-14-9-17-13-8-11(20)5-6-12(13)16(14)19/h5-6,8-9,20H,3-4,7,10H2,1-2H3. The summed E-state index contributed by atoms with van der Waals surface area (Å²) in [6.07, 6.45) is 2.78. The number of nitrogens with zero attached hydrogens (tertiary/aromatic N) is 3. The van der Waals surface area contributed by atoms with Crippen molar-refractivity contribution >= 4 is 21.9 Å². The van der Waals surface area contributed by atoms with Crippen LogP contribution in [0.2, 0.25) is 0 Å². The molecule has 0 saturated heterocycles. The largest absolute Gasteiger partial charge is 0.508 e. The number of rotatable bonds is 5. The van der Waals surface area contributed by atoms with Gasteiger partial charge in [-0.2, -0.15) is 0 Å². The molecule has 3 rings (SSSR count). The topological polar surface area (TPSA) is 60.2 Å². The molecule has 21 heavy (non-hydrogen) atoms. The summed E-state index contributed by atoms with van der Waals surface area (Å²) in [6.45, 7) is 6.18. The van der Waals surface area contributed by atoms with E-state index in [9.17, 15) is 5.11 Å². The third-order valence-corrected chi connectivity index (χ3v) is 3.52. The van der Waals surface area contributed by atoms with Crippen LogP contribution in [0.4, 0.5) is 0 Å². The van der Waals surface area contributed by atoms with E-state index < -0.39 is 0 Å². The molecular formula is C16H19N3O2. The third kappa shape index (κ3) is 2.45. The van der Waals surface area contributed by atoms with Crippen molar-refractivity contribution in [2.45, 2.75) is 33.4 Å². The summed E-state index contributed by atoms with van der Waals surface area (Å²) in [5, 5.41) is 10.6. The molecule has 0 aliphatic rings. The lowest BCUT2D eigenvalue weighted by Crippen LogP contribution is -2.05. The monoisotopic (exact) mass is 285 g/mol. The lowest BCUT2D eigenvalue weighted by Gasteiger charge is -2.09. The maximum atomic E-state index is 9.61. The number of phenolic OH excluding ortho intramolecular Hbond substituents is 1. The Balaban J connectivity index is 2.26. The predicted molar refractivity (Wildman–Crippen MR) is 82.3 cm³/mol. The molecule has 5 nitrogen and oxygen atoms in total. The minimum atomic E-state index is 0.227. The molecule has 0 aliphatic heterocycles. The summed E-state index contributed by atoms with van der Waals surface area (Å²) in [5.41, 5.74) is 2.72. The molecule has 0 amide bonds. The highest BCUT2D eigenvalue weighted by Gasteiger charge is 2.14. The van der Waals surface area contributed by atoms with Gasteiger partial charge in [0, 0.05) is 24.6 Å². The van der Waals surface area contributed by atoms with E-state index in [-0.39, 0.29) is 5.75 Å². The van der Waals surface area contributed by atoms with Crippen molar-refractivity contribution in [3.05, 3.63) is 30.2 Å². The van der Waals surface area contributed by atoms with Crippen molar-refractivity contribution in [2.75, 3.05) is 6.61 Å². The fourth-order valence-corrected chi connectivity index (χ4v) is 2.62. The molecule has 0 saturated carbocycles. The lowest BCUT2D eigenvalue weighted by atomic mass is 10.2. The number of hydrogen-bond donors (Lipinski definition) is 1. The SMILES string of the molecule is CCCn1c(COCC)nc2cnc3cc(O)ccc3c21. The average Bonchev–Trinajstić information content (AvgIpc) is 2.83. The Bertz CT molecular complexity index is 780. The second-order valence-corrected chi connectivity index (χ2v) is 5.01. The minimum Gasteiger partial charge on any atom is -0.508 e. The van der Waals surface area contributed by atoms with Crippen LogP contribution in [-0.2, 0) is 17.9 Å². The number of imidazole rings is 1. The first kappa shape index (κ1) is 13.8. The van der Waals surface area contributed by atoms with Gasteiger partial charge in [0.05, 0.1) is 17.2 Å². The quantitative estimate of drug-likeness (QED) is 0.781. The molecule has 0 spiro atoms. The Hall–Kier alpha value is -2.14. The number of fused-ring (bicyclic) bond motifs is 3. The Morgan fingerprint density at radius 1 is 1.24 bits per heavy atom. The molecule has 0 unspecified atom stereocenters. The summed E-state index contributed by atoms with van der Waals surface area (Å²) in [4.78, 5) is 9.04. The van der Waals surface area contributed by atoms with Crippen LogP contribution in [0.1, 0.15) is 26.1 Å². The normalized spacial score (nSPS) is 11.5. The van der Waals surface area contributed by atoms with E-state index in [1.165, 1.54) is 0 Å². The number of benzene rings is 1. The van der Waals surface area contributed by atoms with Crippen molar-refractivity contribution in [2.24, 2.45) is 0 Å².